The molecular weight excluding hydrogens is 392 g/mol. The average molecular weight is 421 g/mol. The van der Waals surface area contributed by atoms with Crippen LogP contribution in [0.25, 0.3) is 17.0 Å². The van der Waals surface area contributed by atoms with E-state index in [1.165, 1.54) is 10.9 Å². The van der Waals surface area contributed by atoms with Crippen LogP contribution in [0.2, 0.25) is 0 Å². The van der Waals surface area contributed by atoms with Crippen LogP contribution in [0.4, 0.5) is 0 Å². The number of amides is 1. The minimum atomic E-state index is -0.727. The highest BCUT2D eigenvalue weighted by Crippen LogP contribution is 2.40. The zero-order valence-electron chi connectivity index (χ0n) is 18.4. The van der Waals surface area contributed by atoms with E-state index in [2.05, 4.69) is 72.6 Å². The van der Waals surface area contributed by atoms with Gasteiger partial charge in [0.05, 0.1) is 0 Å². The number of hydrogen-bond donors (Lipinski definition) is 1. The summed E-state index contributed by atoms with van der Waals surface area (Å²) in [5, 5.41) is 1.22. The van der Waals surface area contributed by atoms with Crippen molar-refractivity contribution in [3.8, 4) is 0 Å². The molecule has 0 aliphatic carbocycles. The molecule has 1 aliphatic rings. The predicted molar refractivity (Wildman–Crippen MR) is 131 cm³/mol. The number of nitrogens with one attached hydrogen (secondary N) is 1. The van der Waals surface area contributed by atoms with Crippen molar-refractivity contribution in [1.29, 1.82) is 0 Å². The van der Waals surface area contributed by atoms with Gasteiger partial charge in [-0.05, 0) is 35.6 Å². The summed E-state index contributed by atoms with van der Waals surface area (Å²) in [7, 11) is 0. The SMILES string of the molecule is CCC1(/C=C/c2ccccc2)C(=O)N(Cc2ccccc2)CCc2c1[nH]c1ccccc21. The van der Waals surface area contributed by atoms with Gasteiger partial charge in [-0.3, -0.25) is 4.79 Å². The topological polar surface area (TPSA) is 36.1 Å². The van der Waals surface area contributed by atoms with Crippen LogP contribution in [0.5, 0.6) is 0 Å². The molecule has 0 saturated heterocycles. The summed E-state index contributed by atoms with van der Waals surface area (Å²) < 4.78 is 0. The molecule has 0 spiro atoms. The molecule has 0 radical (unpaired) electrons. The largest absolute Gasteiger partial charge is 0.357 e. The van der Waals surface area contributed by atoms with Crippen LogP contribution in [0.1, 0.15) is 35.7 Å². The molecule has 0 bridgehead atoms. The second-order valence-electron chi connectivity index (χ2n) is 8.56. The molecule has 1 N–H and O–H groups in total. The van der Waals surface area contributed by atoms with Gasteiger partial charge < -0.3 is 9.88 Å². The van der Waals surface area contributed by atoms with E-state index in [1.54, 1.807) is 0 Å². The molecule has 32 heavy (non-hydrogen) atoms. The lowest BCUT2D eigenvalue weighted by atomic mass is 9.78. The van der Waals surface area contributed by atoms with E-state index in [1.807, 2.05) is 41.3 Å². The molecule has 3 aromatic carbocycles. The third-order valence-electron chi connectivity index (χ3n) is 6.69. The Bertz CT molecular complexity index is 1260. The summed E-state index contributed by atoms with van der Waals surface area (Å²) in [5.74, 6) is 0.168. The Morgan fingerprint density at radius 1 is 0.938 bits per heavy atom. The molecule has 1 aromatic heterocycles. The predicted octanol–water partition coefficient (Wildman–Crippen LogP) is 6.11. The molecule has 4 aromatic rings. The fraction of sp³-hybridized carbons (Fsp3) is 0.207. The third-order valence-corrected chi connectivity index (χ3v) is 6.69. The number of H-pyrrole nitrogens is 1. The molecule has 1 unspecified atom stereocenters. The van der Waals surface area contributed by atoms with Crippen molar-refractivity contribution >= 4 is 22.9 Å². The number of hydrogen-bond acceptors (Lipinski definition) is 1. The monoisotopic (exact) mass is 420 g/mol. The van der Waals surface area contributed by atoms with E-state index < -0.39 is 5.41 Å². The molecule has 160 valence electrons. The lowest BCUT2D eigenvalue weighted by molar-refractivity contribution is -0.136. The summed E-state index contributed by atoms with van der Waals surface area (Å²) in [6, 6.07) is 28.9. The van der Waals surface area contributed by atoms with Gasteiger partial charge >= 0.3 is 0 Å². The maximum Gasteiger partial charge on any atom is 0.238 e. The Balaban J connectivity index is 1.65. The Morgan fingerprint density at radius 3 is 2.38 bits per heavy atom. The van der Waals surface area contributed by atoms with E-state index in [-0.39, 0.29) is 5.91 Å². The van der Waals surface area contributed by atoms with Crippen LogP contribution in [0.3, 0.4) is 0 Å². The van der Waals surface area contributed by atoms with Crippen molar-refractivity contribution in [2.24, 2.45) is 0 Å². The van der Waals surface area contributed by atoms with Crippen molar-refractivity contribution in [3.63, 3.8) is 0 Å². The molecule has 5 rings (SSSR count). The highest BCUT2D eigenvalue weighted by atomic mass is 16.2. The highest BCUT2D eigenvalue weighted by Gasteiger charge is 2.44. The molecule has 0 saturated carbocycles. The van der Waals surface area contributed by atoms with E-state index in [0.29, 0.717) is 19.5 Å². The summed E-state index contributed by atoms with van der Waals surface area (Å²) >= 11 is 0. The number of carbonyl (C=O) groups is 1. The zero-order valence-corrected chi connectivity index (χ0v) is 18.4. The van der Waals surface area contributed by atoms with E-state index in [4.69, 9.17) is 0 Å². The van der Waals surface area contributed by atoms with Crippen LogP contribution in [-0.2, 0) is 23.2 Å². The number of rotatable bonds is 5. The van der Waals surface area contributed by atoms with Gasteiger partial charge in [0.25, 0.3) is 0 Å². The molecule has 1 atom stereocenters. The number of para-hydroxylation sites is 1. The van der Waals surface area contributed by atoms with Gasteiger partial charge in [0.15, 0.2) is 0 Å². The first-order chi connectivity index (χ1) is 15.7. The summed E-state index contributed by atoms with van der Waals surface area (Å²) in [6.07, 6.45) is 5.77. The van der Waals surface area contributed by atoms with E-state index >= 15 is 0 Å². The number of fused-ring (bicyclic) bond motifs is 3. The van der Waals surface area contributed by atoms with Crippen molar-refractivity contribution < 1.29 is 4.79 Å². The maximum atomic E-state index is 14.2. The summed E-state index contributed by atoms with van der Waals surface area (Å²) in [4.78, 5) is 19.9. The second-order valence-corrected chi connectivity index (χ2v) is 8.56. The average Bonchev–Trinajstić information content (AvgIpc) is 3.18. The Kier molecular flexibility index (Phi) is 5.40. The molecule has 3 heteroatoms. The Morgan fingerprint density at radius 2 is 1.62 bits per heavy atom. The second kappa shape index (κ2) is 8.51. The van der Waals surface area contributed by atoms with Gasteiger partial charge in [-0.1, -0.05) is 97.9 Å². The fourth-order valence-electron chi connectivity index (χ4n) is 4.94. The Hall–Kier alpha value is -3.59. The molecule has 1 aliphatic heterocycles. The van der Waals surface area contributed by atoms with Gasteiger partial charge in [-0.25, -0.2) is 0 Å². The van der Waals surface area contributed by atoms with E-state index in [9.17, 15) is 4.79 Å². The number of aromatic amines is 1. The van der Waals surface area contributed by atoms with Crippen molar-refractivity contribution in [3.05, 3.63) is 113 Å². The van der Waals surface area contributed by atoms with Gasteiger partial charge in [0.2, 0.25) is 5.91 Å². The normalized spacial score (nSPS) is 18.8. The summed E-state index contributed by atoms with van der Waals surface area (Å²) in [6.45, 7) is 3.46. The van der Waals surface area contributed by atoms with Crippen LogP contribution in [0.15, 0.2) is 91.0 Å². The first-order valence-electron chi connectivity index (χ1n) is 11.4. The van der Waals surface area contributed by atoms with Gasteiger partial charge in [-0.15, -0.1) is 0 Å². The quantitative estimate of drug-likeness (QED) is 0.415. The molecule has 3 nitrogen and oxygen atoms in total. The van der Waals surface area contributed by atoms with Crippen LogP contribution >= 0.6 is 0 Å². The van der Waals surface area contributed by atoms with Gasteiger partial charge in [0, 0.05) is 29.7 Å². The lowest BCUT2D eigenvalue weighted by Gasteiger charge is -2.32. The van der Waals surface area contributed by atoms with Crippen LogP contribution in [0, 0.1) is 0 Å². The molecule has 0 fully saturated rings. The first-order valence-corrected chi connectivity index (χ1v) is 11.4. The fourth-order valence-corrected chi connectivity index (χ4v) is 4.94. The van der Waals surface area contributed by atoms with Crippen molar-refractivity contribution in [2.75, 3.05) is 6.54 Å². The van der Waals surface area contributed by atoms with E-state index in [0.717, 1.165) is 28.8 Å². The molecule has 1 amide bonds. The minimum absolute atomic E-state index is 0.168. The standard InChI is InChI=1S/C29H28N2O/c1-2-29(19-17-22-11-5-3-6-12-22)27-25(24-15-9-10-16-26(24)30-27)18-20-31(28(29)32)21-23-13-7-4-8-14-23/h3-17,19,30H,2,18,20-21H2,1H3/b19-17+. The molecule has 2 heterocycles. The van der Waals surface area contributed by atoms with Crippen LogP contribution < -0.4 is 0 Å². The minimum Gasteiger partial charge on any atom is -0.357 e. The van der Waals surface area contributed by atoms with Crippen molar-refractivity contribution in [1.82, 2.24) is 9.88 Å². The zero-order chi connectivity index (χ0) is 22.0. The lowest BCUT2D eigenvalue weighted by Crippen LogP contribution is -2.44. The Labute approximate surface area is 189 Å². The first kappa shape index (κ1) is 20.3. The van der Waals surface area contributed by atoms with Crippen LogP contribution in [-0.4, -0.2) is 22.3 Å². The van der Waals surface area contributed by atoms with Crippen molar-refractivity contribution in [2.45, 2.75) is 31.7 Å². The molecular formula is C29H28N2O. The smallest absolute Gasteiger partial charge is 0.238 e. The third kappa shape index (κ3) is 3.54. The van der Waals surface area contributed by atoms with Gasteiger partial charge in [0.1, 0.15) is 5.41 Å². The highest BCUT2D eigenvalue weighted by molar-refractivity contribution is 5.96. The number of nitrogens with zero attached hydrogens (tertiary/aromatic N) is 1. The summed E-state index contributed by atoms with van der Waals surface area (Å²) in [5.41, 5.74) is 4.96. The number of aromatic nitrogens is 1. The maximum absolute atomic E-state index is 14.2. The number of carbonyl (C=O) groups excluding carboxylic acids is 1. The van der Waals surface area contributed by atoms with Gasteiger partial charge in [-0.2, -0.15) is 0 Å². The number of benzene rings is 3.